The third-order valence-electron chi connectivity index (χ3n) is 1.67. The van der Waals surface area contributed by atoms with Gasteiger partial charge in [-0.1, -0.05) is 6.92 Å². The van der Waals surface area contributed by atoms with Crippen molar-refractivity contribution in [2.45, 2.75) is 25.5 Å². The fraction of sp³-hybridized carbons (Fsp3) is 0.875. The molecule has 0 radical (unpaired) electrons. The average Bonchev–Trinajstić information content (AvgIpc) is 2.05. The van der Waals surface area contributed by atoms with Crippen molar-refractivity contribution in [3.05, 3.63) is 0 Å². The summed E-state index contributed by atoms with van der Waals surface area (Å²) in [4.78, 5) is 10.5. The van der Waals surface area contributed by atoms with E-state index in [1.54, 1.807) is 6.92 Å². The highest BCUT2D eigenvalue weighted by atomic mass is 16.5. The second kappa shape index (κ2) is 6.82. The van der Waals surface area contributed by atoms with Crippen LogP contribution in [0.25, 0.3) is 0 Å². The standard InChI is InChI=1S/C8H17NO4/c1-3-7(8(11)12)9-4-6(10)5-13-2/h6-7,9-10H,3-5H2,1-2H3,(H,11,12). The maximum Gasteiger partial charge on any atom is 0.320 e. The molecule has 0 aliphatic rings. The lowest BCUT2D eigenvalue weighted by atomic mass is 10.2. The summed E-state index contributed by atoms with van der Waals surface area (Å²) in [5.74, 6) is -0.896. The Morgan fingerprint density at radius 2 is 2.23 bits per heavy atom. The van der Waals surface area contributed by atoms with Gasteiger partial charge in [0.25, 0.3) is 0 Å². The number of methoxy groups -OCH3 is 1. The van der Waals surface area contributed by atoms with E-state index in [-0.39, 0.29) is 13.2 Å². The van der Waals surface area contributed by atoms with Gasteiger partial charge in [0.1, 0.15) is 6.04 Å². The molecule has 0 aromatic carbocycles. The molecular formula is C8H17NO4. The van der Waals surface area contributed by atoms with Crippen LogP contribution in [0.1, 0.15) is 13.3 Å². The molecule has 3 N–H and O–H groups in total. The third kappa shape index (κ3) is 5.57. The second-order valence-electron chi connectivity index (χ2n) is 2.82. The summed E-state index contributed by atoms with van der Waals surface area (Å²) < 4.78 is 4.69. The Labute approximate surface area is 77.7 Å². The van der Waals surface area contributed by atoms with Crippen LogP contribution in [0.2, 0.25) is 0 Å². The van der Waals surface area contributed by atoms with E-state index in [2.05, 4.69) is 5.32 Å². The molecule has 5 heteroatoms. The van der Waals surface area contributed by atoms with Gasteiger partial charge in [0.15, 0.2) is 0 Å². The molecule has 0 aliphatic heterocycles. The Morgan fingerprint density at radius 1 is 1.62 bits per heavy atom. The van der Waals surface area contributed by atoms with Gasteiger partial charge < -0.3 is 20.3 Å². The Bertz CT molecular complexity index is 151. The van der Waals surface area contributed by atoms with Gasteiger partial charge in [-0.2, -0.15) is 0 Å². The number of aliphatic hydroxyl groups excluding tert-OH is 1. The van der Waals surface area contributed by atoms with Gasteiger partial charge in [-0.3, -0.25) is 4.79 Å². The molecule has 2 atom stereocenters. The highest BCUT2D eigenvalue weighted by Crippen LogP contribution is 1.91. The smallest absolute Gasteiger partial charge is 0.320 e. The first-order chi connectivity index (χ1) is 6.11. The minimum atomic E-state index is -0.896. The largest absolute Gasteiger partial charge is 0.480 e. The number of ether oxygens (including phenoxy) is 1. The van der Waals surface area contributed by atoms with Crippen LogP contribution >= 0.6 is 0 Å². The molecule has 0 amide bonds. The summed E-state index contributed by atoms with van der Waals surface area (Å²) in [7, 11) is 1.48. The van der Waals surface area contributed by atoms with Crippen molar-refractivity contribution in [2.24, 2.45) is 0 Å². The molecule has 2 unspecified atom stereocenters. The van der Waals surface area contributed by atoms with Crippen LogP contribution in [0.3, 0.4) is 0 Å². The predicted octanol–water partition coefficient (Wildman–Crippen LogP) is -0.553. The van der Waals surface area contributed by atoms with Crippen LogP contribution in [-0.2, 0) is 9.53 Å². The van der Waals surface area contributed by atoms with Crippen molar-refractivity contribution in [3.63, 3.8) is 0 Å². The number of aliphatic hydroxyl groups is 1. The first-order valence-corrected chi connectivity index (χ1v) is 4.25. The normalized spacial score (nSPS) is 15.3. The molecule has 0 spiro atoms. The number of aliphatic carboxylic acids is 1. The van der Waals surface area contributed by atoms with Crippen molar-refractivity contribution in [3.8, 4) is 0 Å². The van der Waals surface area contributed by atoms with Gasteiger partial charge in [-0.15, -0.1) is 0 Å². The van der Waals surface area contributed by atoms with E-state index in [1.165, 1.54) is 7.11 Å². The number of nitrogens with one attached hydrogen (secondary N) is 1. The fourth-order valence-corrected chi connectivity index (χ4v) is 0.936. The first kappa shape index (κ1) is 12.3. The summed E-state index contributed by atoms with van der Waals surface area (Å²) in [6, 6.07) is -0.591. The van der Waals surface area contributed by atoms with Crippen LogP contribution in [0.4, 0.5) is 0 Å². The van der Waals surface area contributed by atoms with Gasteiger partial charge in [0, 0.05) is 13.7 Å². The van der Waals surface area contributed by atoms with Crippen LogP contribution < -0.4 is 5.32 Å². The van der Waals surface area contributed by atoms with Gasteiger partial charge in [-0.25, -0.2) is 0 Å². The highest BCUT2D eigenvalue weighted by Gasteiger charge is 2.15. The molecule has 13 heavy (non-hydrogen) atoms. The van der Waals surface area contributed by atoms with E-state index in [0.29, 0.717) is 6.42 Å². The first-order valence-electron chi connectivity index (χ1n) is 4.25. The molecule has 0 saturated carbocycles. The number of hydrogen-bond donors (Lipinski definition) is 3. The van der Waals surface area contributed by atoms with Crippen molar-refractivity contribution >= 4 is 5.97 Å². The van der Waals surface area contributed by atoms with E-state index < -0.39 is 18.1 Å². The molecule has 5 nitrogen and oxygen atoms in total. The fourth-order valence-electron chi connectivity index (χ4n) is 0.936. The lowest BCUT2D eigenvalue weighted by Crippen LogP contribution is -2.41. The van der Waals surface area contributed by atoms with E-state index in [9.17, 15) is 9.90 Å². The highest BCUT2D eigenvalue weighted by molar-refractivity contribution is 5.73. The van der Waals surface area contributed by atoms with Crippen molar-refractivity contribution in [1.29, 1.82) is 0 Å². The lowest BCUT2D eigenvalue weighted by Gasteiger charge is -2.15. The molecule has 78 valence electrons. The van der Waals surface area contributed by atoms with Gasteiger partial charge >= 0.3 is 5.97 Å². The van der Waals surface area contributed by atoms with E-state index in [4.69, 9.17) is 9.84 Å². The maximum atomic E-state index is 10.5. The zero-order valence-corrected chi connectivity index (χ0v) is 7.99. The third-order valence-corrected chi connectivity index (χ3v) is 1.67. The molecule has 0 fully saturated rings. The molecule has 0 aromatic rings. The van der Waals surface area contributed by atoms with E-state index >= 15 is 0 Å². The van der Waals surface area contributed by atoms with Crippen molar-refractivity contribution in [2.75, 3.05) is 20.3 Å². The Hall–Kier alpha value is -0.650. The summed E-state index contributed by atoms with van der Waals surface area (Å²) >= 11 is 0. The summed E-state index contributed by atoms with van der Waals surface area (Å²) in [5.41, 5.74) is 0. The van der Waals surface area contributed by atoms with Gasteiger partial charge in [0.2, 0.25) is 0 Å². The molecular weight excluding hydrogens is 174 g/mol. The monoisotopic (exact) mass is 191 g/mol. The quantitative estimate of drug-likeness (QED) is 0.503. The molecule has 0 aromatic heterocycles. The molecule has 0 saturated heterocycles. The Morgan fingerprint density at radius 3 is 2.62 bits per heavy atom. The predicted molar refractivity (Wildman–Crippen MR) is 47.6 cm³/mol. The molecule has 0 aliphatic carbocycles. The van der Waals surface area contributed by atoms with Crippen LogP contribution in [0, 0.1) is 0 Å². The zero-order valence-electron chi connectivity index (χ0n) is 7.99. The Kier molecular flexibility index (Phi) is 6.48. The number of carboxylic acid groups (broad SMARTS) is 1. The summed E-state index contributed by atoms with van der Waals surface area (Å²) in [6.07, 6.45) is -0.159. The van der Waals surface area contributed by atoms with Crippen molar-refractivity contribution < 1.29 is 19.7 Å². The van der Waals surface area contributed by atoms with Crippen LogP contribution in [-0.4, -0.2) is 48.6 Å². The number of rotatable bonds is 7. The lowest BCUT2D eigenvalue weighted by molar-refractivity contribution is -0.139. The minimum Gasteiger partial charge on any atom is -0.480 e. The van der Waals surface area contributed by atoms with Gasteiger partial charge in [-0.05, 0) is 6.42 Å². The zero-order chi connectivity index (χ0) is 10.3. The maximum absolute atomic E-state index is 10.5. The number of carbonyl (C=O) groups is 1. The van der Waals surface area contributed by atoms with Crippen molar-refractivity contribution in [1.82, 2.24) is 5.32 Å². The SMILES string of the molecule is CCC(NCC(O)COC)C(=O)O. The van der Waals surface area contributed by atoms with E-state index in [0.717, 1.165) is 0 Å². The minimum absolute atomic E-state index is 0.211. The molecule has 0 rings (SSSR count). The average molecular weight is 191 g/mol. The summed E-state index contributed by atoms with van der Waals surface area (Å²) in [5, 5.41) is 20.6. The Balaban J connectivity index is 3.65. The number of hydrogen-bond acceptors (Lipinski definition) is 4. The molecule has 0 bridgehead atoms. The van der Waals surface area contributed by atoms with Gasteiger partial charge in [0.05, 0.1) is 12.7 Å². The number of carboxylic acids is 1. The summed E-state index contributed by atoms with van der Waals surface area (Å²) in [6.45, 7) is 2.22. The second-order valence-corrected chi connectivity index (χ2v) is 2.82. The van der Waals surface area contributed by atoms with Crippen LogP contribution in [0.5, 0.6) is 0 Å². The topological polar surface area (TPSA) is 78.8 Å². The van der Waals surface area contributed by atoms with Crippen LogP contribution in [0.15, 0.2) is 0 Å². The van der Waals surface area contributed by atoms with E-state index in [1.807, 2.05) is 0 Å². The molecule has 0 heterocycles.